The van der Waals surface area contributed by atoms with Crippen LogP contribution in [0.2, 0.25) is 0 Å². The van der Waals surface area contributed by atoms with Gasteiger partial charge in [0.05, 0.1) is 0 Å². The second-order valence-electron chi connectivity index (χ2n) is 8.48. The molecule has 0 spiro atoms. The van der Waals surface area contributed by atoms with Gasteiger partial charge in [0, 0.05) is 49.4 Å². The van der Waals surface area contributed by atoms with E-state index in [1.54, 1.807) is 6.07 Å². The summed E-state index contributed by atoms with van der Waals surface area (Å²) in [5, 5.41) is 0. The molecule has 1 aromatic heterocycles. The summed E-state index contributed by atoms with van der Waals surface area (Å²) < 4.78 is 13.7. The summed E-state index contributed by atoms with van der Waals surface area (Å²) in [5.74, 6) is 1.40. The standard InChI is InChI=1S/C25H35FN4O/c1-4-5-6-7-8-9-13-23(31)29-14-16-30(17-15-29)25-19(2)20(3)27-24(28-25)21-11-10-12-22(26)18-21/h10-12,18H,4-9,13-17H2,1-3H3. The fourth-order valence-electron chi connectivity index (χ4n) is 4.06. The number of anilines is 1. The first kappa shape index (κ1) is 23.2. The predicted octanol–water partition coefficient (Wildman–Crippen LogP) is 5.30. The molecule has 1 aliphatic heterocycles. The minimum atomic E-state index is -0.293. The Kier molecular flexibility index (Phi) is 8.38. The van der Waals surface area contributed by atoms with Crippen LogP contribution in [-0.2, 0) is 4.79 Å². The van der Waals surface area contributed by atoms with Gasteiger partial charge in [-0.05, 0) is 32.4 Å². The largest absolute Gasteiger partial charge is 0.353 e. The van der Waals surface area contributed by atoms with E-state index in [1.807, 2.05) is 24.8 Å². The third-order valence-corrected chi connectivity index (χ3v) is 6.12. The van der Waals surface area contributed by atoms with Crippen LogP contribution in [0.4, 0.5) is 10.2 Å². The second-order valence-corrected chi connectivity index (χ2v) is 8.48. The van der Waals surface area contributed by atoms with Gasteiger partial charge in [0.25, 0.3) is 0 Å². The van der Waals surface area contributed by atoms with Gasteiger partial charge in [0.2, 0.25) is 5.91 Å². The zero-order chi connectivity index (χ0) is 22.2. The Morgan fingerprint density at radius 3 is 2.42 bits per heavy atom. The predicted molar refractivity (Wildman–Crippen MR) is 124 cm³/mol. The van der Waals surface area contributed by atoms with Crippen molar-refractivity contribution < 1.29 is 9.18 Å². The summed E-state index contributed by atoms with van der Waals surface area (Å²) in [6, 6.07) is 6.40. The van der Waals surface area contributed by atoms with E-state index in [0.29, 0.717) is 30.9 Å². The van der Waals surface area contributed by atoms with Crippen LogP contribution in [0.15, 0.2) is 24.3 Å². The van der Waals surface area contributed by atoms with Crippen LogP contribution in [0.25, 0.3) is 11.4 Å². The maximum atomic E-state index is 13.7. The summed E-state index contributed by atoms with van der Waals surface area (Å²) in [7, 11) is 0. The molecule has 2 heterocycles. The Morgan fingerprint density at radius 2 is 1.71 bits per heavy atom. The fraction of sp³-hybridized carbons (Fsp3) is 0.560. The van der Waals surface area contributed by atoms with E-state index in [-0.39, 0.29) is 11.7 Å². The average molecular weight is 427 g/mol. The second kappa shape index (κ2) is 11.2. The zero-order valence-corrected chi connectivity index (χ0v) is 19.2. The van der Waals surface area contributed by atoms with Crippen LogP contribution < -0.4 is 4.90 Å². The Bertz CT molecular complexity index is 878. The molecule has 0 bridgehead atoms. The highest BCUT2D eigenvalue weighted by atomic mass is 19.1. The van der Waals surface area contributed by atoms with Gasteiger partial charge in [-0.25, -0.2) is 14.4 Å². The van der Waals surface area contributed by atoms with Crippen LogP contribution in [-0.4, -0.2) is 47.0 Å². The highest BCUT2D eigenvalue weighted by molar-refractivity contribution is 5.76. The highest BCUT2D eigenvalue weighted by Gasteiger charge is 2.24. The van der Waals surface area contributed by atoms with E-state index >= 15 is 0 Å². The molecule has 6 heteroatoms. The van der Waals surface area contributed by atoms with Gasteiger partial charge < -0.3 is 9.80 Å². The molecule has 168 valence electrons. The van der Waals surface area contributed by atoms with Crippen molar-refractivity contribution in [3.05, 3.63) is 41.3 Å². The monoisotopic (exact) mass is 426 g/mol. The molecule has 0 aliphatic carbocycles. The summed E-state index contributed by atoms with van der Waals surface area (Å²) in [4.78, 5) is 26.1. The number of aryl methyl sites for hydroxylation is 1. The van der Waals surface area contributed by atoms with E-state index in [2.05, 4.69) is 16.8 Å². The molecule has 31 heavy (non-hydrogen) atoms. The SMILES string of the molecule is CCCCCCCCC(=O)N1CCN(c2nc(-c3cccc(F)c3)nc(C)c2C)CC1. The number of aromatic nitrogens is 2. The Morgan fingerprint density at radius 1 is 1.00 bits per heavy atom. The molecule has 0 unspecified atom stereocenters. The first-order valence-electron chi connectivity index (χ1n) is 11.6. The van der Waals surface area contributed by atoms with Crippen molar-refractivity contribution in [1.29, 1.82) is 0 Å². The van der Waals surface area contributed by atoms with Gasteiger partial charge in [0.1, 0.15) is 11.6 Å². The van der Waals surface area contributed by atoms with Crippen molar-refractivity contribution in [2.24, 2.45) is 0 Å². The van der Waals surface area contributed by atoms with Crippen LogP contribution in [0.5, 0.6) is 0 Å². The number of benzene rings is 1. The average Bonchev–Trinajstić information content (AvgIpc) is 2.78. The van der Waals surface area contributed by atoms with Crippen LogP contribution in [0.3, 0.4) is 0 Å². The lowest BCUT2D eigenvalue weighted by Crippen LogP contribution is -2.49. The summed E-state index contributed by atoms with van der Waals surface area (Å²) in [6.07, 6.45) is 7.84. The molecule has 0 N–H and O–H groups in total. The molecule has 1 saturated heterocycles. The van der Waals surface area contributed by atoms with Gasteiger partial charge in [-0.1, -0.05) is 51.2 Å². The first-order valence-corrected chi connectivity index (χ1v) is 11.6. The lowest BCUT2D eigenvalue weighted by atomic mass is 10.1. The van der Waals surface area contributed by atoms with Gasteiger partial charge >= 0.3 is 0 Å². The van der Waals surface area contributed by atoms with E-state index in [4.69, 9.17) is 4.98 Å². The molecule has 1 fully saturated rings. The summed E-state index contributed by atoms with van der Waals surface area (Å²) in [5.41, 5.74) is 2.61. The highest BCUT2D eigenvalue weighted by Crippen LogP contribution is 2.26. The van der Waals surface area contributed by atoms with Gasteiger partial charge in [-0.2, -0.15) is 0 Å². The van der Waals surface area contributed by atoms with Crippen molar-refractivity contribution >= 4 is 11.7 Å². The summed E-state index contributed by atoms with van der Waals surface area (Å²) in [6.45, 7) is 9.14. The van der Waals surface area contributed by atoms with Crippen LogP contribution >= 0.6 is 0 Å². The van der Waals surface area contributed by atoms with Gasteiger partial charge in [0.15, 0.2) is 5.82 Å². The molecular formula is C25H35FN4O. The van der Waals surface area contributed by atoms with Crippen LogP contribution in [0.1, 0.15) is 63.1 Å². The lowest BCUT2D eigenvalue weighted by Gasteiger charge is -2.36. The minimum absolute atomic E-state index is 0.270. The van der Waals surface area contributed by atoms with E-state index in [9.17, 15) is 9.18 Å². The smallest absolute Gasteiger partial charge is 0.222 e. The van der Waals surface area contributed by atoms with Crippen molar-refractivity contribution in [3.8, 4) is 11.4 Å². The number of unbranched alkanes of at least 4 members (excludes halogenated alkanes) is 5. The number of nitrogens with zero attached hydrogens (tertiary/aromatic N) is 4. The maximum absolute atomic E-state index is 13.7. The van der Waals surface area contributed by atoms with Gasteiger partial charge in [-0.15, -0.1) is 0 Å². The molecular weight excluding hydrogens is 391 g/mol. The van der Waals surface area contributed by atoms with E-state index in [1.165, 1.54) is 37.8 Å². The van der Waals surface area contributed by atoms with Crippen molar-refractivity contribution in [2.75, 3.05) is 31.1 Å². The van der Waals surface area contributed by atoms with Gasteiger partial charge in [-0.3, -0.25) is 4.79 Å². The minimum Gasteiger partial charge on any atom is -0.353 e. The summed E-state index contributed by atoms with van der Waals surface area (Å²) >= 11 is 0. The van der Waals surface area contributed by atoms with E-state index in [0.717, 1.165) is 43.0 Å². The lowest BCUT2D eigenvalue weighted by molar-refractivity contribution is -0.131. The van der Waals surface area contributed by atoms with Crippen LogP contribution in [0, 0.1) is 19.7 Å². The topological polar surface area (TPSA) is 49.3 Å². The molecule has 3 rings (SSSR count). The number of halogens is 1. The fourth-order valence-corrected chi connectivity index (χ4v) is 4.06. The molecule has 1 aromatic carbocycles. The molecule has 2 aromatic rings. The first-order chi connectivity index (χ1) is 15.0. The normalized spacial score (nSPS) is 14.2. The molecule has 0 saturated carbocycles. The molecule has 0 radical (unpaired) electrons. The number of amides is 1. The van der Waals surface area contributed by atoms with Crippen molar-refractivity contribution in [3.63, 3.8) is 0 Å². The number of rotatable bonds is 9. The molecule has 1 amide bonds. The zero-order valence-electron chi connectivity index (χ0n) is 19.2. The molecule has 0 atom stereocenters. The number of piperazine rings is 1. The molecule has 5 nitrogen and oxygen atoms in total. The maximum Gasteiger partial charge on any atom is 0.222 e. The number of carbonyl (C=O) groups excluding carboxylic acids is 1. The Labute approximate surface area is 185 Å². The van der Waals surface area contributed by atoms with E-state index < -0.39 is 0 Å². The Hall–Kier alpha value is -2.50. The van der Waals surface area contributed by atoms with Crippen molar-refractivity contribution in [1.82, 2.24) is 14.9 Å². The number of hydrogen-bond donors (Lipinski definition) is 0. The number of hydrogen-bond acceptors (Lipinski definition) is 4. The third kappa shape index (κ3) is 6.25. The Balaban J connectivity index is 1.58. The molecule has 1 aliphatic rings. The van der Waals surface area contributed by atoms with Crippen molar-refractivity contribution in [2.45, 2.75) is 65.7 Å². The third-order valence-electron chi connectivity index (χ3n) is 6.12. The number of carbonyl (C=O) groups is 1. The quantitative estimate of drug-likeness (QED) is 0.511.